The Morgan fingerprint density at radius 3 is 3.00 bits per heavy atom. The zero-order chi connectivity index (χ0) is 14.4. The molecule has 2 bridgehead atoms. The summed E-state index contributed by atoms with van der Waals surface area (Å²) in [5.41, 5.74) is 1.03. The lowest BCUT2D eigenvalue weighted by Crippen LogP contribution is -2.38. The van der Waals surface area contributed by atoms with Gasteiger partial charge < -0.3 is 10.2 Å². The van der Waals surface area contributed by atoms with E-state index in [1.165, 1.54) is 11.1 Å². The van der Waals surface area contributed by atoms with Crippen LogP contribution in [0.3, 0.4) is 0 Å². The van der Waals surface area contributed by atoms with Crippen LogP contribution in [-0.4, -0.2) is 34.9 Å². The summed E-state index contributed by atoms with van der Waals surface area (Å²) in [6.45, 7) is 0.617. The first-order valence-electron chi connectivity index (χ1n) is 7.56. The van der Waals surface area contributed by atoms with Gasteiger partial charge in [0.2, 0.25) is 5.91 Å². The number of nitrogens with zero attached hydrogens (tertiary/aromatic N) is 2. The van der Waals surface area contributed by atoms with Crippen LogP contribution in [0.25, 0.3) is 10.2 Å². The second kappa shape index (κ2) is 5.07. The van der Waals surface area contributed by atoms with Crippen molar-refractivity contribution in [2.24, 2.45) is 5.92 Å². The third kappa shape index (κ3) is 2.34. The Hall–Kier alpha value is -1.46. The van der Waals surface area contributed by atoms with Gasteiger partial charge in [0.05, 0.1) is 22.7 Å². The number of hydrogen-bond acceptors (Lipinski definition) is 4. The van der Waals surface area contributed by atoms with Crippen molar-refractivity contribution in [2.45, 2.75) is 37.9 Å². The summed E-state index contributed by atoms with van der Waals surface area (Å²) in [4.78, 5) is 19.1. The third-order valence-corrected chi connectivity index (χ3v) is 5.73. The SMILES string of the molecule is CN(Cc1nc2ccccc2s1)C(=O)C1CC2CCC1N2. The molecule has 0 spiro atoms. The van der Waals surface area contributed by atoms with Gasteiger partial charge in [-0.25, -0.2) is 4.98 Å². The topological polar surface area (TPSA) is 45.2 Å². The fourth-order valence-electron chi connectivity index (χ4n) is 3.65. The number of benzene rings is 1. The maximum atomic E-state index is 12.6. The molecule has 2 aliphatic heterocycles. The van der Waals surface area contributed by atoms with Crippen molar-refractivity contribution >= 4 is 27.5 Å². The Bertz CT molecular complexity index is 650. The molecule has 2 aromatic rings. The highest BCUT2D eigenvalue weighted by atomic mass is 32.1. The molecule has 21 heavy (non-hydrogen) atoms. The van der Waals surface area contributed by atoms with Gasteiger partial charge in [-0.1, -0.05) is 12.1 Å². The highest BCUT2D eigenvalue weighted by molar-refractivity contribution is 7.18. The van der Waals surface area contributed by atoms with Crippen molar-refractivity contribution in [1.82, 2.24) is 15.2 Å². The van der Waals surface area contributed by atoms with E-state index >= 15 is 0 Å². The number of rotatable bonds is 3. The number of nitrogens with one attached hydrogen (secondary N) is 1. The monoisotopic (exact) mass is 301 g/mol. The Kier molecular flexibility index (Phi) is 3.19. The largest absolute Gasteiger partial charge is 0.339 e. The quantitative estimate of drug-likeness (QED) is 0.947. The average Bonchev–Trinajstić information content (AvgIpc) is 3.20. The average molecular weight is 301 g/mol. The highest BCUT2D eigenvalue weighted by Gasteiger charge is 2.43. The Morgan fingerprint density at radius 2 is 2.29 bits per heavy atom. The molecule has 0 aliphatic carbocycles. The van der Waals surface area contributed by atoms with Crippen molar-refractivity contribution in [1.29, 1.82) is 0 Å². The molecule has 2 saturated heterocycles. The lowest BCUT2D eigenvalue weighted by molar-refractivity contribution is -0.135. The van der Waals surface area contributed by atoms with Crippen molar-refractivity contribution < 1.29 is 4.79 Å². The summed E-state index contributed by atoms with van der Waals surface area (Å²) in [6.07, 6.45) is 3.39. The molecule has 0 saturated carbocycles. The number of thiazole rings is 1. The van der Waals surface area contributed by atoms with Crippen LogP contribution < -0.4 is 5.32 Å². The van der Waals surface area contributed by atoms with Gasteiger partial charge in [0, 0.05) is 19.1 Å². The predicted octanol–water partition coefficient (Wildman–Crippen LogP) is 2.40. The van der Waals surface area contributed by atoms with Crippen LogP contribution in [0.2, 0.25) is 0 Å². The second-order valence-corrected chi connectivity index (χ2v) is 7.27. The lowest BCUT2D eigenvalue weighted by Gasteiger charge is -2.25. The Labute approximate surface area is 128 Å². The summed E-state index contributed by atoms with van der Waals surface area (Å²) in [7, 11) is 1.90. The smallest absolute Gasteiger partial charge is 0.227 e. The summed E-state index contributed by atoms with van der Waals surface area (Å²) in [6, 6.07) is 9.11. The van der Waals surface area contributed by atoms with E-state index in [0.29, 0.717) is 18.6 Å². The normalized spacial score (nSPS) is 27.4. The third-order valence-electron chi connectivity index (χ3n) is 4.70. The first-order valence-corrected chi connectivity index (χ1v) is 8.38. The van der Waals surface area contributed by atoms with Crippen molar-refractivity contribution in [3.63, 3.8) is 0 Å². The summed E-state index contributed by atoms with van der Waals surface area (Å²) in [5.74, 6) is 0.442. The number of carbonyl (C=O) groups is 1. The van der Waals surface area contributed by atoms with E-state index in [1.54, 1.807) is 11.3 Å². The molecular weight excluding hydrogens is 282 g/mol. The Morgan fingerprint density at radius 1 is 1.43 bits per heavy atom. The van der Waals surface area contributed by atoms with Crippen LogP contribution in [0.4, 0.5) is 0 Å². The van der Waals surface area contributed by atoms with Gasteiger partial charge in [0.25, 0.3) is 0 Å². The van der Waals surface area contributed by atoms with E-state index in [2.05, 4.69) is 16.4 Å². The summed E-state index contributed by atoms with van der Waals surface area (Å²) < 4.78 is 1.19. The number of fused-ring (bicyclic) bond motifs is 3. The Balaban J connectivity index is 1.47. The second-order valence-electron chi connectivity index (χ2n) is 6.16. The fourth-order valence-corrected chi connectivity index (χ4v) is 4.67. The van der Waals surface area contributed by atoms with Crippen molar-refractivity contribution in [3.05, 3.63) is 29.3 Å². The molecule has 4 rings (SSSR count). The van der Waals surface area contributed by atoms with E-state index < -0.39 is 0 Å². The van der Waals surface area contributed by atoms with Crippen LogP contribution in [-0.2, 0) is 11.3 Å². The van der Waals surface area contributed by atoms with Crippen LogP contribution in [0.1, 0.15) is 24.3 Å². The van der Waals surface area contributed by atoms with Gasteiger partial charge in [-0.05, 0) is 31.4 Å². The molecule has 3 heterocycles. The van der Waals surface area contributed by atoms with Gasteiger partial charge >= 0.3 is 0 Å². The van der Waals surface area contributed by atoms with Gasteiger partial charge in [0.1, 0.15) is 5.01 Å². The van der Waals surface area contributed by atoms with Crippen LogP contribution in [0.5, 0.6) is 0 Å². The molecule has 5 heteroatoms. The number of amides is 1. The lowest BCUT2D eigenvalue weighted by atomic mass is 9.88. The van der Waals surface area contributed by atoms with E-state index in [1.807, 2.05) is 30.1 Å². The molecule has 2 aliphatic rings. The minimum atomic E-state index is 0.170. The zero-order valence-corrected chi connectivity index (χ0v) is 12.9. The number of para-hydroxylation sites is 1. The molecule has 1 N–H and O–H groups in total. The highest BCUT2D eigenvalue weighted by Crippen LogP contribution is 2.34. The molecule has 2 fully saturated rings. The maximum Gasteiger partial charge on any atom is 0.227 e. The molecule has 0 radical (unpaired) electrons. The number of carbonyl (C=O) groups excluding carboxylic acids is 1. The van der Waals surface area contributed by atoms with Gasteiger partial charge in [-0.15, -0.1) is 11.3 Å². The van der Waals surface area contributed by atoms with Crippen molar-refractivity contribution in [3.8, 4) is 0 Å². The molecule has 4 nitrogen and oxygen atoms in total. The van der Waals surface area contributed by atoms with Crippen LogP contribution in [0.15, 0.2) is 24.3 Å². The van der Waals surface area contributed by atoms with Gasteiger partial charge in [-0.2, -0.15) is 0 Å². The standard InChI is InChI=1S/C16H19N3OS/c1-19(16(20)11-8-10-6-7-12(11)17-10)9-15-18-13-4-2-3-5-14(13)21-15/h2-5,10-12,17H,6-9H2,1H3. The van der Waals surface area contributed by atoms with Gasteiger partial charge in [-0.3, -0.25) is 4.79 Å². The maximum absolute atomic E-state index is 12.6. The van der Waals surface area contributed by atoms with E-state index in [9.17, 15) is 4.79 Å². The van der Waals surface area contributed by atoms with Gasteiger partial charge in [0.15, 0.2) is 0 Å². The molecule has 3 unspecified atom stereocenters. The van der Waals surface area contributed by atoms with E-state index in [-0.39, 0.29) is 11.8 Å². The fraction of sp³-hybridized carbons (Fsp3) is 0.500. The predicted molar refractivity (Wildman–Crippen MR) is 84.1 cm³/mol. The van der Waals surface area contributed by atoms with E-state index in [4.69, 9.17) is 0 Å². The summed E-state index contributed by atoms with van der Waals surface area (Å²) >= 11 is 1.68. The molecule has 1 amide bonds. The minimum absolute atomic E-state index is 0.170. The molecule has 3 atom stereocenters. The molecule has 110 valence electrons. The van der Waals surface area contributed by atoms with Crippen molar-refractivity contribution in [2.75, 3.05) is 7.05 Å². The number of hydrogen-bond donors (Lipinski definition) is 1. The first kappa shape index (κ1) is 13.2. The molecule has 1 aromatic carbocycles. The zero-order valence-electron chi connectivity index (χ0n) is 12.1. The first-order chi connectivity index (χ1) is 10.2. The number of aromatic nitrogens is 1. The van der Waals surface area contributed by atoms with Crippen LogP contribution in [0, 0.1) is 5.92 Å². The molecule has 1 aromatic heterocycles. The van der Waals surface area contributed by atoms with E-state index in [0.717, 1.165) is 23.4 Å². The molecular formula is C16H19N3OS. The van der Waals surface area contributed by atoms with Crippen LogP contribution >= 0.6 is 11.3 Å². The minimum Gasteiger partial charge on any atom is -0.339 e. The summed E-state index contributed by atoms with van der Waals surface area (Å²) in [5, 5.41) is 4.56.